The van der Waals surface area contributed by atoms with Crippen LogP contribution in [0.3, 0.4) is 0 Å². The third-order valence-corrected chi connectivity index (χ3v) is 3.67. The van der Waals surface area contributed by atoms with E-state index in [2.05, 4.69) is 10.6 Å². The Morgan fingerprint density at radius 3 is 1.76 bits per heavy atom. The molecule has 10 N–H and O–H groups in total. The molecule has 0 radical (unpaired) electrons. The first kappa shape index (κ1) is 23.2. The average molecular weight is 361 g/mol. The Labute approximate surface area is 147 Å². The van der Waals surface area contributed by atoms with E-state index < -0.39 is 42.5 Å². The van der Waals surface area contributed by atoms with Crippen LogP contribution in [0.25, 0.3) is 0 Å². The van der Waals surface area contributed by atoms with Crippen molar-refractivity contribution in [3.63, 3.8) is 0 Å². The third-order valence-electron chi connectivity index (χ3n) is 3.67. The number of rotatable bonds is 14. The van der Waals surface area contributed by atoms with Crippen molar-refractivity contribution in [1.82, 2.24) is 10.6 Å². The third kappa shape index (κ3) is 9.97. The van der Waals surface area contributed by atoms with Crippen molar-refractivity contribution in [3.05, 3.63) is 0 Å². The van der Waals surface area contributed by atoms with E-state index in [1.807, 2.05) is 0 Å². The Morgan fingerprint density at radius 2 is 1.32 bits per heavy atom. The van der Waals surface area contributed by atoms with Gasteiger partial charge in [-0.25, -0.2) is 4.79 Å². The van der Waals surface area contributed by atoms with Crippen molar-refractivity contribution in [3.8, 4) is 0 Å². The number of aliphatic carboxylic acids is 1. The molecule has 0 rings (SSSR count). The number of hydrogen-bond acceptors (Lipinski definition) is 7. The number of nitrogens with two attached hydrogens (primary N) is 3. The van der Waals surface area contributed by atoms with Gasteiger partial charge in [-0.05, 0) is 51.6 Å². The summed E-state index contributed by atoms with van der Waals surface area (Å²) in [7, 11) is 0. The Hall–Kier alpha value is -1.75. The van der Waals surface area contributed by atoms with Gasteiger partial charge in [0.25, 0.3) is 0 Å². The van der Waals surface area contributed by atoms with Gasteiger partial charge in [-0.2, -0.15) is 0 Å². The molecular formula is C15H31N5O5. The number of carboxylic acids is 1. The monoisotopic (exact) mass is 361 g/mol. The first-order valence-electron chi connectivity index (χ1n) is 8.47. The lowest BCUT2D eigenvalue weighted by molar-refractivity contribution is -0.142. The minimum Gasteiger partial charge on any atom is -0.480 e. The smallest absolute Gasteiger partial charge is 0.326 e. The summed E-state index contributed by atoms with van der Waals surface area (Å²) in [4.78, 5) is 35.5. The van der Waals surface area contributed by atoms with Crippen LogP contribution in [0.1, 0.15) is 38.5 Å². The first-order chi connectivity index (χ1) is 11.9. The fourth-order valence-electron chi connectivity index (χ4n) is 2.15. The summed E-state index contributed by atoms with van der Waals surface area (Å²) in [6.07, 6.45) is 2.99. The molecule has 0 aromatic heterocycles. The second-order valence-electron chi connectivity index (χ2n) is 5.82. The van der Waals surface area contributed by atoms with Crippen LogP contribution in [0.2, 0.25) is 0 Å². The molecule has 3 atom stereocenters. The SMILES string of the molecule is NCCCC[C@H](NC(=O)[C@H](CCCCN)NC(=O)[C@@H](N)CO)C(=O)O. The zero-order valence-corrected chi connectivity index (χ0v) is 14.4. The van der Waals surface area contributed by atoms with Crippen LogP contribution in [0.15, 0.2) is 0 Å². The van der Waals surface area contributed by atoms with E-state index >= 15 is 0 Å². The summed E-state index contributed by atoms with van der Waals surface area (Å²) in [5.74, 6) is -2.43. The Kier molecular flexibility index (Phi) is 12.6. The number of carbonyl (C=O) groups is 3. The molecule has 10 nitrogen and oxygen atoms in total. The van der Waals surface area contributed by atoms with Crippen LogP contribution in [-0.2, 0) is 14.4 Å². The predicted octanol–water partition coefficient (Wildman–Crippen LogP) is -2.38. The van der Waals surface area contributed by atoms with E-state index in [0.29, 0.717) is 45.2 Å². The van der Waals surface area contributed by atoms with Crippen molar-refractivity contribution in [2.75, 3.05) is 19.7 Å². The molecule has 146 valence electrons. The summed E-state index contributed by atoms with van der Waals surface area (Å²) >= 11 is 0. The molecule has 0 aliphatic rings. The predicted molar refractivity (Wildman–Crippen MR) is 92.4 cm³/mol. The maximum absolute atomic E-state index is 12.4. The second kappa shape index (κ2) is 13.5. The zero-order valence-electron chi connectivity index (χ0n) is 14.4. The van der Waals surface area contributed by atoms with Crippen LogP contribution in [0, 0.1) is 0 Å². The molecule has 0 aromatic carbocycles. The quantitative estimate of drug-likeness (QED) is 0.167. The number of nitrogens with one attached hydrogen (secondary N) is 2. The number of hydrogen-bond donors (Lipinski definition) is 7. The minimum atomic E-state index is -1.15. The topological polar surface area (TPSA) is 194 Å². The van der Waals surface area contributed by atoms with Gasteiger partial charge in [-0.1, -0.05) is 0 Å². The molecule has 0 bridgehead atoms. The number of aliphatic hydroxyl groups excluding tert-OH is 1. The Balaban J connectivity index is 4.85. The number of amides is 2. The van der Waals surface area contributed by atoms with E-state index in [9.17, 15) is 19.5 Å². The molecule has 0 heterocycles. The molecular weight excluding hydrogens is 330 g/mol. The average Bonchev–Trinajstić information content (AvgIpc) is 2.58. The molecule has 0 unspecified atom stereocenters. The largest absolute Gasteiger partial charge is 0.480 e. The van der Waals surface area contributed by atoms with Gasteiger partial charge in [0.1, 0.15) is 18.1 Å². The highest BCUT2D eigenvalue weighted by Gasteiger charge is 2.27. The normalized spacial score (nSPS) is 14.4. The van der Waals surface area contributed by atoms with Crippen LogP contribution in [-0.4, -0.2) is 65.8 Å². The van der Waals surface area contributed by atoms with E-state index in [4.69, 9.17) is 22.3 Å². The van der Waals surface area contributed by atoms with E-state index in [1.165, 1.54) is 0 Å². The van der Waals surface area contributed by atoms with Gasteiger partial charge < -0.3 is 38.0 Å². The van der Waals surface area contributed by atoms with Crippen molar-refractivity contribution in [2.45, 2.75) is 56.7 Å². The summed E-state index contributed by atoms with van der Waals surface area (Å²) < 4.78 is 0. The van der Waals surface area contributed by atoms with Crippen LogP contribution >= 0.6 is 0 Å². The molecule has 0 aliphatic heterocycles. The molecule has 0 aromatic rings. The lowest BCUT2D eigenvalue weighted by atomic mass is 10.1. The maximum atomic E-state index is 12.4. The van der Waals surface area contributed by atoms with Crippen molar-refractivity contribution < 1.29 is 24.6 Å². The van der Waals surface area contributed by atoms with Gasteiger partial charge in [0.15, 0.2) is 0 Å². The summed E-state index contributed by atoms with van der Waals surface area (Å²) in [5.41, 5.74) is 16.2. The molecule has 0 aliphatic carbocycles. The highest BCUT2D eigenvalue weighted by atomic mass is 16.4. The molecule has 25 heavy (non-hydrogen) atoms. The van der Waals surface area contributed by atoms with Crippen molar-refractivity contribution in [1.29, 1.82) is 0 Å². The van der Waals surface area contributed by atoms with Gasteiger partial charge in [-0.3, -0.25) is 9.59 Å². The number of carboxylic acid groups (broad SMARTS) is 1. The van der Waals surface area contributed by atoms with Gasteiger partial charge in [0, 0.05) is 0 Å². The van der Waals surface area contributed by atoms with Gasteiger partial charge in [-0.15, -0.1) is 0 Å². The maximum Gasteiger partial charge on any atom is 0.326 e. The van der Waals surface area contributed by atoms with Crippen LogP contribution < -0.4 is 27.8 Å². The molecule has 0 fully saturated rings. The zero-order chi connectivity index (χ0) is 19.2. The second-order valence-corrected chi connectivity index (χ2v) is 5.82. The fraction of sp³-hybridized carbons (Fsp3) is 0.800. The lowest BCUT2D eigenvalue weighted by Gasteiger charge is -2.22. The molecule has 0 saturated heterocycles. The lowest BCUT2D eigenvalue weighted by Crippen LogP contribution is -2.55. The molecule has 10 heteroatoms. The van der Waals surface area contributed by atoms with E-state index in [-0.39, 0.29) is 6.42 Å². The molecule has 0 spiro atoms. The summed E-state index contributed by atoms with van der Waals surface area (Å²) in [6.45, 7) is 0.326. The number of unbranched alkanes of at least 4 members (excludes halogenated alkanes) is 2. The minimum absolute atomic E-state index is 0.248. The Morgan fingerprint density at radius 1 is 0.840 bits per heavy atom. The molecule has 0 saturated carbocycles. The van der Waals surface area contributed by atoms with Crippen molar-refractivity contribution >= 4 is 17.8 Å². The standard InChI is InChI=1S/C15H31N5O5/c16-7-3-1-5-11(19-13(22)10(18)9-21)14(23)20-12(15(24)25)6-2-4-8-17/h10-12,21H,1-9,16-18H2,(H,19,22)(H,20,23)(H,24,25)/t10-,11-,12-/m0/s1. The summed E-state index contributed by atoms with van der Waals surface area (Å²) in [5, 5.41) is 23.0. The highest BCUT2D eigenvalue weighted by Crippen LogP contribution is 2.05. The van der Waals surface area contributed by atoms with Gasteiger partial charge >= 0.3 is 5.97 Å². The van der Waals surface area contributed by atoms with Gasteiger partial charge in [0.05, 0.1) is 6.61 Å². The fourth-order valence-corrected chi connectivity index (χ4v) is 2.15. The summed E-state index contributed by atoms with van der Waals surface area (Å²) in [6, 6.07) is -3.14. The van der Waals surface area contributed by atoms with Crippen LogP contribution in [0.5, 0.6) is 0 Å². The van der Waals surface area contributed by atoms with E-state index in [1.54, 1.807) is 0 Å². The highest BCUT2D eigenvalue weighted by molar-refractivity contribution is 5.91. The first-order valence-corrected chi connectivity index (χ1v) is 8.47. The van der Waals surface area contributed by atoms with Crippen molar-refractivity contribution in [2.24, 2.45) is 17.2 Å². The van der Waals surface area contributed by atoms with Gasteiger partial charge in [0.2, 0.25) is 11.8 Å². The Bertz CT molecular complexity index is 421. The number of carbonyl (C=O) groups excluding carboxylic acids is 2. The van der Waals surface area contributed by atoms with E-state index in [0.717, 1.165) is 0 Å². The molecule has 2 amide bonds. The van der Waals surface area contributed by atoms with Crippen LogP contribution in [0.4, 0.5) is 0 Å². The number of aliphatic hydroxyl groups is 1.